The fourth-order valence-electron chi connectivity index (χ4n) is 2.98. The Hall–Kier alpha value is -1.76. The molecule has 0 aliphatic rings. The van der Waals surface area contributed by atoms with Gasteiger partial charge in [-0.05, 0) is 63.6 Å². The third-order valence-electron chi connectivity index (χ3n) is 4.45. The second-order valence-corrected chi connectivity index (χ2v) is 9.86. The minimum Gasteiger partial charge on any atom is -0.484 e. The zero-order valence-corrected chi connectivity index (χ0v) is 21.1. The zero-order valence-electron chi connectivity index (χ0n) is 18.0. The number of hydrogen-bond donors (Lipinski definition) is 1. The molecule has 0 aromatic heterocycles. The molecule has 2 aromatic rings. The Kier molecular flexibility index (Phi) is 9.22. The van der Waals surface area contributed by atoms with Gasteiger partial charge in [0.05, 0.1) is 0 Å². The molecule has 168 valence electrons. The predicted octanol–water partition coefficient (Wildman–Crippen LogP) is 5.86. The van der Waals surface area contributed by atoms with Crippen LogP contribution in [0.2, 0.25) is 10.0 Å². The molecule has 0 bridgehead atoms. The number of hydrogen-bond acceptors (Lipinski definition) is 3. The molecular formula is C23H27BrCl2N2O3. The van der Waals surface area contributed by atoms with E-state index in [2.05, 4.69) is 21.2 Å². The summed E-state index contributed by atoms with van der Waals surface area (Å²) in [7, 11) is 0. The van der Waals surface area contributed by atoms with E-state index in [1.807, 2.05) is 39.8 Å². The van der Waals surface area contributed by atoms with Gasteiger partial charge in [0.1, 0.15) is 11.8 Å². The zero-order chi connectivity index (χ0) is 23.2. The Bertz CT molecular complexity index is 894. The molecule has 0 radical (unpaired) electrons. The van der Waals surface area contributed by atoms with Crippen LogP contribution in [0.5, 0.6) is 5.75 Å². The first kappa shape index (κ1) is 25.5. The van der Waals surface area contributed by atoms with Gasteiger partial charge in [-0.15, -0.1) is 0 Å². The lowest BCUT2D eigenvalue weighted by Crippen LogP contribution is -2.54. The quantitative estimate of drug-likeness (QED) is 0.466. The summed E-state index contributed by atoms with van der Waals surface area (Å²) in [6, 6.07) is 11.6. The van der Waals surface area contributed by atoms with E-state index in [1.54, 1.807) is 30.3 Å². The first-order chi connectivity index (χ1) is 14.5. The molecule has 5 nitrogen and oxygen atoms in total. The smallest absolute Gasteiger partial charge is 0.261 e. The Morgan fingerprint density at radius 1 is 1.10 bits per heavy atom. The van der Waals surface area contributed by atoms with E-state index in [9.17, 15) is 9.59 Å². The van der Waals surface area contributed by atoms with Crippen molar-refractivity contribution in [3.8, 4) is 5.75 Å². The van der Waals surface area contributed by atoms with E-state index >= 15 is 0 Å². The topological polar surface area (TPSA) is 58.6 Å². The molecule has 0 saturated carbocycles. The van der Waals surface area contributed by atoms with Crippen molar-refractivity contribution in [3.63, 3.8) is 0 Å². The largest absolute Gasteiger partial charge is 0.484 e. The molecular weight excluding hydrogens is 503 g/mol. The van der Waals surface area contributed by atoms with Crippen molar-refractivity contribution in [2.45, 2.75) is 52.2 Å². The van der Waals surface area contributed by atoms with Crippen molar-refractivity contribution in [1.29, 1.82) is 0 Å². The van der Waals surface area contributed by atoms with Crippen LogP contribution in [0.4, 0.5) is 0 Å². The number of ether oxygens (including phenoxy) is 1. The van der Waals surface area contributed by atoms with Crippen LogP contribution in [-0.2, 0) is 16.1 Å². The third kappa shape index (κ3) is 7.70. The van der Waals surface area contributed by atoms with Crippen molar-refractivity contribution < 1.29 is 14.3 Å². The predicted molar refractivity (Wildman–Crippen MR) is 129 cm³/mol. The molecule has 0 fully saturated rings. The van der Waals surface area contributed by atoms with Gasteiger partial charge in [0, 0.05) is 32.2 Å². The lowest BCUT2D eigenvalue weighted by atomic mass is 10.1. The minimum absolute atomic E-state index is 0.0944. The fraction of sp³-hybridized carbons (Fsp3) is 0.391. The van der Waals surface area contributed by atoms with Crippen LogP contribution < -0.4 is 10.1 Å². The monoisotopic (exact) mass is 528 g/mol. The van der Waals surface area contributed by atoms with Crippen molar-refractivity contribution >= 4 is 50.9 Å². The van der Waals surface area contributed by atoms with Crippen molar-refractivity contribution in [2.24, 2.45) is 0 Å². The average molecular weight is 530 g/mol. The summed E-state index contributed by atoms with van der Waals surface area (Å²) in [5.41, 5.74) is 0.152. The van der Waals surface area contributed by atoms with E-state index in [4.69, 9.17) is 27.9 Å². The molecule has 8 heteroatoms. The van der Waals surface area contributed by atoms with Gasteiger partial charge < -0.3 is 15.0 Å². The molecule has 0 aliphatic heterocycles. The second-order valence-electron chi connectivity index (χ2n) is 8.13. The van der Waals surface area contributed by atoms with Crippen molar-refractivity contribution in [3.05, 3.63) is 62.5 Å². The van der Waals surface area contributed by atoms with Gasteiger partial charge in [0.2, 0.25) is 5.91 Å². The normalized spacial score (nSPS) is 12.2. The van der Waals surface area contributed by atoms with Crippen LogP contribution in [0.3, 0.4) is 0 Å². The summed E-state index contributed by atoms with van der Waals surface area (Å²) >= 11 is 16.0. The van der Waals surface area contributed by atoms with Gasteiger partial charge in [-0.3, -0.25) is 9.59 Å². The van der Waals surface area contributed by atoms with Crippen LogP contribution in [-0.4, -0.2) is 34.9 Å². The number of carbonyl (C=O) groups excluding carboxylic acids is 2. The van der Waals surface area contributed by atoms with E-state index < -0.39 is 11.6 Å². The van der Waals surface area contributed by atoms with Gasteiger partial charge in [-0.25, -0.2) is 0 Å². The molecule has 0 unspecified atom stereocenters. The van der Waals surface area contributed by atoms with Gasteiger partial charge in [-0.1, -0.05) is 52.1 Å². The first-order valence-electron chi connectivity index (χ1n) is 9.94. The molecule has 1 N–H and O–H groups in total. The fourth-order valence-corrected chi connectivity index (χ4v) is 3.77. The summed E-state index contributed by atoms with van der Waals surface area (Å²) in [6.07, 6.45) is 0.425. The number of nitrogens with zero attached hydrogens (tertiary/aromatic N) is 1. The van der Waals surface area contributed by atoms with Crippen LogP contribution in [0, 0.1) is 0 Å². The number of halogens is 3. The lowest BCUT2D eigenvalue weighted by molar-refractivity contribution is -0.143. The Balaban J connectivity index is 2.29. The van der Waals surface area contributed by atoms with Crippen molar-refractivity contribution in [2.75, 3.05) is 6.61 Å². The van der Waals surface area contributed by atoms with Crippen molar-refractivity contribution in [1.82, 2.24) is 10.2 Å². The van der Waals surface area contributed by atoms with E-state index in [1.165, 1.54) is 4.90 Å². The van der Waals surface area contributed by atoms with E-state index in [0.717, 1.165) is 4.47 Å². The number of benzene rings is 2. The summed E-state index contributed by atoms with van der Waals surface area (Å²) in [6.45, 7) is 7.42. The van der Waals surface area contributed by atoms with Gasteiger partial charge in [-0.2, -0.15) is 0 Å². The summed E-state index contributed by atoms with van der Waals surface area (Å²) in [4.78, 5) is 27.7. The molecule has 0 saturated heterocycles. The number of amides is 2. The Morgan fingerprint density at radius 3 is 2.19 bits per heavy atom. The summed E-state index contributed by atoms with van der Waals surface area (Å²) in [5, 5.41) is 3.83. The second kappa shape index (κ2) is 11.2. The standard InChI is InChI=1S/C23H27BrCl2N2O3/c1-5-20(22(30)27-23(2,3)4)28(13-17-18(25)7-6-8-19(17)26)21(29)14-31-16-11-9-15(24)10-12-16/h6-12,20H,5,13-14H2,1-4H3,(H,27,30)/t20-/m0/s1. The van der Waals surface area contributed by atoms with Gasteiger partial charge in [0.15, 0.2) is 6.61 Å². The highest BCUT2D eigenvalue weighted by atomic mass is 79.9. The SMILES string of the molecule is CC[C@@H](C(=O)NC(C)(C)C)N(Cc1c(Cl)cccc1Cl)C(=O)COc1ccc(Br)cc1. The number of nitrogens with one attached hydrogen (secondary N) is 1. The molecule has 2 amide bonds. The average Bonchev–Trinajstić information content (AvgIpc) is 2.68. The van der Waals surface area contributed by atoms with E-state index in [0.29, 0.717) is 27.8 Å². The Morgan fingerprint density at radius 2 is 1.68 bits per heavy atom. The van der Waals surface area contributed by atoms with E-state index in [-0.39, 0.29) is 25.0 Å². The molecule has 31 heavy (non-hydrogen) atoms. The first-order valence-corrected chi connectivity index (χ1v) is 11.5. The Labute approximate surface area is 202 Å². The van der Waals surface area contributed by atoms with Crippen LogP contribution in [0.1, 0.15) is 39.7 Å². The van der Waals surface area contributed by atoms with Gasteiger partial charge >= 0.3 is 0 Å². The molecule has 1 atom stereocenters. The van der Waals surface area contributed by atoms with Crippen LogP contribution in [0.15, 0.2) is 46.9 Å². The van der Waals surface area contributed by atoms with Crippen LogP contribution >= 0.6 is 39.1 Å². The highest BCUT2D eigenvalue weighted by Gasteiger charge is 2.31. The highest BCUT2D eigenvalue weighted by molar-refractivity contribution is 9.10. The highest BCUT2D eigenvalue weighted by Crippen LogP contribution is 2.27. The maximum Gasteiger partial charge on any atom is 0.261 e. The molecule has 2 rings (SSSR count). The molecule has 0 aliphatic carbocycles. The lowest BCUT2D eigenvalue weighted by Gasteiger charge is -2.33. The third-order valence-corrected chi connectivity index (χ3v) is 5.69. The van der Waals surface area contributed by atoms with Gasteiger partial charge in [0.25, 0.3) is 5.91 Å². The molecule has 2 aromatic carbocycles. The maximum atomic E-state index is 13.2. The number of carbonyl (C=O) groups is 2. The van der Waals surface area contributed by atoms with Crippen LogP contribution in [0.25, 0.3) is 0 Å². The summed E-state index contributed by atoms with van der Waals surface area (Å²) in [5.74, 6) is -0.0237. The number of rotatable bonds is 8. The minimum atomic E-state index is -0.701. The maximum absolute atomic E-state index is 13.2. The molecule has 0 spiro atoms. The summed E-state index contributed by atoms with van der Waals surface area (Å²) < 4.78 is 6.58. The molecule has 0 heterocycles.